The van der Waals surface area contributed by atoms with Gasteiger partial charge >= 0.3 is 6.18 Å². The molecule has 2 aliphatic rings. The number of alkyl halides is 3. The Labute approximate surface area is 208 Å². The second-order valence-electron chi connectivity index (χ2n) is 9.94. The Morgan fingerprint density at radius 1 is 1.08 bits per heavy atom. The Balaban J connectivity index is 1.25. The van der Waals surface area contributed by atoms with E-state index in [1.54, 1.807) is 0 Å². The first-order valence-electron chi connectivity index (χ1n) is 12.3. The monoisotopic (exact) mass is 503 g/mol. The Hall–Kier alpha value is -2.91. The molecule has 2 fully saturated rings. The van der Waals surface area contributed by atoms with Gasteiger partial charge in [0.2, 0.25) is 5.91 Å². The highest BCUT2D eigenvalue weighted by atomic mass is 19.4. The number of carbonyl (C=O) groups excluding carboxylic acids is 2. The van der Waals surface area contributed by atoms with Gasteiger partial charge in [-0.25, -0.2) is 0 Å². The first-order chi connectivity index (χ1) is 17.0. The Bertz CT molecular complexity index is 1070. The van der Waals surface area contributed by atoms with E-state index < -0.39 is 23.2 Å². The van der Waals surface area contributed by atoms with Crippen LogP contribution >= 0.6 is 0 Å². The molecule has 2 atom stereocenters. The van der Waals surface area contributed by atoms with E-state index in [4.69, 9.17) is 0 Å². The highest BCUT2D eigenvalue weighted by Crippen LogP contribution is 2.40. The van der Waals surface area contributed by atoms with Crippen molar-refractivity contribution in [3.05, 3.63) is 71.3 Å². The van der Waals surface area contributed by atoms with E-state index in [1.807, 2.05) is 30.3 Å². The van der Waals surface area contributed by atoms with Gasteiger partial charge in [-0.15, -0.1) is 0 Å². The van der Waals surface area contributed by atoms with Crippen LogP contribution in [0.1, 0.15) is 60.5 Å². The average molecular weight is 504 g/mol. The molecule has 4 rings (SSSR count). The fraction of sp³-hybridized carbons (Fsp3) is 0.481. The van der Waals surface area contributed by atoms with Crippen LogP contribution in [0.25, 0.3) is 0 Å². The molecule has 1 heterocycles. The molecule has 6 nitrogen and oxygen atoms in total. The first-order valence-corrected chi connectivity index (χ1v) is 12.3. The molecule has 1 aliphatic heterocycles. The lowest BCUT2D eigenvalue weighted by Gasteiger charge is -2.41. The van der Waals surface area contributed by atoms with E-state index in [0.717, 1.165) is 43.0 Å². The van der Waals surface area contributed by atoms with Gasteiger partial charge in [0.25, 0.3) is 5.91 Å². The summed E-state index contributed by atoms with van der Waals surface area (Å²) in [6.07, 6.45) is -0.677. The second-order valence-corrected chi connectivity index (χ2v) is 9.94. The van der Waals surface area contributed by atoms with Gasteiger partial charge in [-0.05, 0) is 62.8 Å². The van der Waals surface area contributed by atoms with Crippen molar-refractivity contribution >= 4 is 11.8 Å². The predicted octanol–water partition coefficient (Wildman–Crippen LogP) is 3.84. The molecule has 2 aromatic carbocycles. The van der Waals surface area contributed by atoms with E-state index in [9.17, 15) is 27.9 Å². The molecule has 3 N–H and O–H groups in total. The van der Waals surface area contributed by atoms with Crippen LogP contribution in [0.4, 0.5) is 13.2 Å². The largest absolute Gasteiger partial charge is 0.416 e. The molecule has 1 saturated carbocycles. The maximum Gasteiger partial charge on any atom is 0.416 e. The third-order valence-corrected chi connectivity index (χ3v) is 7.41. The molecule has 0 bridgehead atoms. The van der Waals surface area contributed by atoms with Crippen LogP contribution in [0, 0.1) is 0 Å². The van der Waals surface area contributed by atoms with Crippen molar-refractivity contribution in [2.45, 2.75) is 68.9 Å². The zero-order valence-corrected chi connectivity index (χ0v) is 20.2. The summed E-state index contributed by atoms with van der Waals surface area (Å²) < 4.78 is 38.6. The average Bonchev–Trinajstić information content (AvgIpc) is 3.22. The molecule has 2 aromatic rings. The van der Waals surface area contributed by atoms with Crippen LogP contribution in [0.5, 0.6) is 0 Å². The third kappa shape index (κ3) is 6.07. The quantitative estimate of drug-likeness (QED) is 0.560. The Morgan fingerprint density at radius 2 is 1.78 bits per heavy atom. The molecule has 9 heteroatoms. The number of rotatable bonds is 6. The van der Waals surface area contributed by atoms with Gasteiger partial charge in [0.05, 0.1) is 17.7 Å². The minimum Gasteiger partial charge on any atom is -0.385 e. The summed E-state index contributed by atoms with van der Waals surface area (Å²) in [4.78, 5) is 27.1. The summed E-state index contributed by atoms with van der Waals surface area (Å²) in [5.74, 6) is -1.11. The van der Waals surface area contributed by atoms with Gasteiger partial charge in [0.1, 0.15) is 0 Å². The van der Waals surface area contributed by atoms with Crippen LogP contribution in [0.2, 0.25) is 0 Å². The number of nitrogens with one attached hydrogen (secondary N) is 2. The van der Waals surface area contributed by atoms with Crippen LogP contribution in [0.3, 0.4) is 0 Å². The van der Waals surface area contributed by atoms with E-state index in [0.29, 0.717) is 25.4 Å². The summed E-state index contributed by atoms with van der Waals surface area (Å²) in [5.41, 5.74) is -0.905. The minimum atomic E-state index is -4.54. The molecule has 0 radical (unpaired) electrons. The van der Waals surface area contributed by atoms with Gasteiger partial charge in [0.15, 0.2) is 0 Å². The highest BCUT2D eigenvalue weighted by molar-refractivity contribution is 5.96. The maximum absolute atomic E-state index is 12.9. The van der Waals surface area contributed by atoms with Crippen molar-refractivity contribution in [2.24, 2.45) is 0 Å². The summed E-state index contributed by atoms with van der Waals surface area (Å²) >= 11 is 0. The summed E-state index contributed by atoms with van der Waals surface area (Å²) in [5, 5.41) is 16.5. The number of aliphatic hydroxyl groups is 1. The standard InChI is InChI=1S/C27H32F3N3O3/c1-18-14-22(17-33(18)23-10-12-26(36,13-11-23)20-7-3-2-4-8-20)32-24(34)16-31-25(35)19-6-5-9-21(15-19)27(28,29)30/h2-9,15,18,22-23,36H,10-14,16-17H2,1H3,(H,31,35)(H,32,34)/t18?,22-,23?,26?/m1/s1. The number of amides is 2. The van der Waals surface area contributed by atoms with E-state index >= 15 is 0 Å². The first kappa shape index (κ1) is 26.2. The lowest BCUT2D eigenvalue weighted by molar-refractivity contribution is -0.137. The SMILES string of the molecule is CC1C[C@@H](NC(=O)CNC(=O)c2cccc(C(F)(F)F)c2)CN1C1CCC(O)(c2ccccc2)CC1. The molecule has 194 valence electrons. The van der Waals surface area contributed by atoms with Gasteiger partial charge in [-0.1, -0.05) is 36.4 Å². The zero-order chi connectivity index (χ0) is 25.9. The normalized spacial score (nSPS) is 27.0. The second kappa shape index (κ2) is 10.6. The van der Waals surface area contributed by atoms with Gasteiger partial charge in [-0.3, -0.25) is 14.5 Å². The van der Waals surface area contributed by atoms with Crippen molar-refractivity contribution in [1.82, 2.24) is 15.5 Å². The van der Waals surface area contributed by atoms with Gasteiger partial charge in [-0.2, -0.15) is 13.2 Å². The maximum atomic E-state index is 12.9. The van der Waals surface area contributed by atoms with Crippen LogP contribution in [0.15, 0.2) is 54.6 Å². The Kier molecular flexibility index (Phi) is 7.70. The van der Waals surface area contributed by atoms with Gasteiger partial charge in [0, 0.05) is 30.2 Å². The highest BCUT2D eigenvalue weighted by Gasteiger charge is 2.40. The van der Waals surface area contributed by atoms with Crippen molar-refractivity contribution in [3.8, 4) is 0 Å². The molecular weight excluding hydrogens is 471 g/mol. The molecule has 1 unspecified atom stereocenters. The fourth-order valence-electron chi connectivity index (χ4n) is 5.50. The smallest absolute Gasteiger partial charge is 0.385 e. The Morgan fingerprint density at radius 3 is 2.44 bits per heavy atom. The topological polar surface area (TPSA) is 81.7 Å². The fourth-order valence-corrected chi connectivity index (χ4v) is 5.50. The molecule has 0 spiro atoms. The third-order valence-electron chi connectivity index (χ3n) is 7.41. The van der Waals surface area contributed by atoms with E-state index in [2.05, 4.69) is 22.5 Å². The molecule has 1 saturated heterocycles. The van der Waals surface area contributed by atoms with Crippen LogP contribution in [-0.4, -0.2) is 53.0 Å². The van der Waals surface area contributed by atoms with Crippen molar-refractivity contribution < 1.29 is 27.9 Å². The predicted molar refractivity (Wildman–Crippen MR) is 129 cm³/mol. The van der Waals surface area contributed by atoms with E-state index in [-0.39, 0.29) is 30.1 Å². The minimum absolute atomic E-state index is 0.0760. The number of benzene rings is 2. The number of carbonyl (C=O) groups is 2. The van der Waals surface area contributed by atoms with Crippen LogP contribution in [-0.2, 0) is 16.6 Å². The number of likely N-dealkylation sites (tertiary alicyclic amines) is 1. The van der Waals surface area contributed by atoms with Crippen molar-refractivity contribution in [3.63, 3.8) is 0 Å². The number of halogens is 3. The molecule has 1 aliphatic carbocycles. The summed E-state index contributed by atoms with van der Waals surface area (Å²) in [6, 6.07) is 14.4. The molecular formula is C27H32F3N3O3. The number of hydrogen-bond donors (Lipinski definition) is 3. The zero-order valence-electron chi connectivity index (χ0n) is 20.2. The molecule has 36 heavy (non-hydrogen) atoms. The van der Waals surface area contributed by atoms with Crippen LogP contribution < -0.4 is 10.6 Å². The van der Waals surface area contributed by atoms with Gasteiger partial charge < -0.3 is 15.7 Å². The summed E-state index contributed by atoms with van der Waals surface area (Å²) in [7, 11) is 0. The van der Waals surface area contributed by atoms with Crippen molar-refractivity contribution in [2.75, 3.05) is 13.1 Å². The lowest BCUT2D eigenvalue weighted by atomic mass is 9.77. The molecule has 2 amide bonds. The summed E-state index contributed by atoms with van der Waals surface area (Å²) in [6.45, 7) is 2.50. The lowest BCUT2D eigenvalue weighted by Crippen LogP contribution is -2.46. The number of hydrogen-bond acceptors (Lipinski definition) is 4. The number of nitrogens with zero attached hydrogens (tertiary/aromatic N) is 1. The van der Waals surface area contributed by atoms with E-state index in [1.165, 1.54) is 6.07 Å². The molecule has 0 aromatic heterocycles. The van der Waals surface area contributed by atoms with Crippen molar-refractivity contribution in [1.29, 1.82) is 0 Å².